The fraction of sp³-hybridized carbons (Fsp3) is 0.500. The summed E-state index contributed by atoms with van der Waals surface area (Å²) in [7, 11) is 0. The van der Waals surface area contributed by atoms with Gasteiger partial charge in [0.2, 0.25) is 0 Å². The zero-order chi connectivity index (χ0) is 13.0. The highest BCUT2D eigenvalue weighted by atomic mass is 16.3. The Morgan fingerprint density at radius 2 is 1.94 bits per heavy atom. The van der Waals surface area contributed by atoms with E-state index in [0.29, 0.717) is 0 Å². The Morgan fingerprint density at radius 3 is 2.50 bits per heavy atom. The van der Waals surface area contributed by atoms with Crippen molar-refractivity contribution in [3.8, 4) is 0 Å². The van der Waals surface area contributed by atoms with Crippen LogP contribution in [-0.2, 0) is 6.61 Å². The first-order chi connectivity index (χ1) is 8.69. The van der Waals surface area contributed by atoms with Crippen LogP contribution >= 0.6 is 0 Å². The number of benzene rings is 1. The summed E-state index contributed by atoms with van der Waals surface area (Å²) >= 11 is 0. The molecule has 0 aromatic heterocycles. The van der Waals surface area contributed by atoms with Crippen LogP contribution in [0, 0.1) is 5.92 Å². The lowest BCUT2D eigenvalue weighted by atomic mass is 10.00. The number of piperidine rings is 1. The lowest BCUT2D eigenvalue weighted by Gasteiger charge is -2.30. The highest BCUT2D eigenvalue weighted by molar-refractivity contribution is 5.89. The van der Waals surface area contributed by atoms with E-state index in [1.807, 2.05) is 29.2 Å². The summed E-state index contributed by atoms with van der Waals surface area (Å²) in [6.07, 6.45) is 2.16. The molecule has 4 heteroatoms. The second-order valence-corrected chi connectivity index (χ2v) is 4.95. The number of urea groups is 1. The first kappa shape index (κ1) is 12.9. The van der Waals surface area contributed by atoms with Gasteiger partial charge >= 0.3 is 6.03 Å². The van der Waals surface area contributed by atoms with Gasteiger partial charge in [-0.2, -0.15) is 0 Å². The first-order valence-corrected chi connectivity index (χ1v) is 6.45. The van der Waals surface area contributed by atoms with E-state index in [1.54, 1.807) is 0 Å². The molecule has 1 saturated heterocycles. The quantitative estimate of drug-likeness (QED) is 0.844. The molecule has 0 aliphatic carbocycles. The number of carbonyl (C=O) groups excluding carboxylic acids is 1. The van der Waals surface area contributed by atoms with E-state index in [2.05, 4.69) is 12.2 Å². The molecule has 1 aromatic rings. The molecule has 1 heterocycles. The molecule has 2 N–H and O–H groups in total. The predicted molar refractivity (Wildman–Crippen MR) is 71.4 cm³/mol. The Morgan fingerprint density at radius 1 is 1.33 bits per heavy atom. The molecule has 1 fully saturated rings. The minimum Gasteiger partial charge on any atom is -0.392 e. The van der Waals surface area contributed by atoms with Crippen LogP contribution in [0.4, 0.5) is 10.5 Å². The average Bonchev–Trinajstić information content (AvgIpc) is 2.40. The zero-order valence-electron chi connectivity index (χ0n) is 10.7. The minimum atomic E-state index is -0.0290. The van der Waals surface area contributed by atoms with Crippen LogP contribution in [0.1, 0.15) is 25.3 Å². The second kappa shape index (κ2) is 5.87. The summed E-state index contributed by atoms with van der Waals surface area (Å²) < 4.78 is 0. The van der Waals surface area contributed by atoms with Gasteiger partial charge in [-0.25, -0.2) is 4.79 Å². The Kier molecular flexibility index (Phi) is 4.20. The molecule has 4 nitrogen and oxygen atoms in total. The Balaban J connectivity index is 1.90. The van der Waals surface area contributed by atoms with Crippen molar-refractivity contribution < 1.29 is 9.90 Å². The predicted octanol–water partition coefficient (Wildman–Crippen LogP) is 2.44. The molecule has 2 rings (SSSR count). The van der Waals surface area contributed by atoms with Gasteiger partial charge in [0.25, 0.3) is 0 Å². The highest BCUT2D eigenvalue weighted by Crippen LogP contribution is 2.17. The van der Waals surface area contributed by atoms with Crippen molar-refractivity contribution >= 4 is 11.7 Å². The van der Waals surface area contributed by atoms with Crippen molar-refractivity contribution in [3.63, 3.8) is 0 Å². The third-order valence-corrected chi connectivity index (χ3v) is 3.46. The summed E-state index contributed by atoms with van der Waals surface area (Å²) in [6.45, 7) is 3.92. The van der Waals surface area contributed by atoms with E-state index in [4.69, 9.17) is 5.11 Å². The number of hydrogen-bond donors (Lipinski definition) is 2. The van der Waals surface area contributed by atoms with Gasteiger partial charge < -0.3 is 15.3 Å². The Hall–Kier alpha value is -1.55. The van der Waals surface area contributed by atoms with Crippen LogP contribution in [0.25, 0.3) is 0 Å². The van der Waals surface area contributed by atoms with Crippen LogP contribution in [-0.4, -0.2) is 29.1 Å². The molecule has 1 aromatic carbocycles. The van der Waals surface area contributed by atoms with Crippen molar-refractivity contribution in [2.45, 2.75) is 26.4 Å². The summed E-state index contributed by atoms with van der Waals surface area (Å²) in [6, 6.07) is 7.23. The molecule has 0 atom stereocenters. The van der Waals surface area contributed by atoms with Gasteiger partial charge in [0, 0.05) is 18.8 Å². The number of nitrogens with zero attached hydrogens (tertiary/aromatic N) is 1. The van der Waals surface area contributed by atoms with Crippen molar-refractivity contribution in [2.75, 3.05) is 18.4 Å². The van der Waals surface area contributed by atoms with Crippen molar-refractivity contribution in [2.24, 2.45) is 5.92 Å². The van der Waals surface area contributed by atoms with Gasteiger partial charge in [-0.15, -0.1) is 0 Å². The largest absolute Gasteiger partial charge is 0.392 e. The third-order valence-electron chi connectivity index (χ3n) is 3.46. The molecule has 18 heavy (non-hydrogen) atoms. The topological polar surface area (TPSA) is 52.6 Å². The van der Waals surface area contributed by atoms with Gasteiger partial charge in [-0.1, -0.05) is 19.1 Å². The number of aliphatic hydroxyl groups excluding tert-OH is 1. The molecule has 1 aliphatic rings. The number of carbonyl (C=O) groups is 1. The van der Waals surface area contributed by atoms with Crippen LogP contribution in [0.2, 0.25) is 0 Å². The smallest absolute Gasteiger partial charge is 0.321 e. The normalized spacial score (nSPS) is 16.7. The van der Waals surface area contributed by atoms with Gasteiger partial charge in [0.05, 0.1) is 6.61 Å². The fourth-order valence-electron chi connectivity index (χ4n) is 2.11. The first-order valence-electron chi connectivity index (χ1n) is 6.45. The number of anilines is 1. The molecule has 0 saturated carbocycles. The number of amides is 2. The van der Waals surface area contributed by atoms with Crippen molar-refractivity contribution in [1.82, 2.24) is 4.90 Å². The summed E-state index contributed by atoms with van der Waals surface area (Å²) in [5.74, 6) is 0.720. The lowest BCUT2D eigenvalue weighted by Crippen LogP contribution is -2.40. The molecule has 0 bridgehead atoms. The van der Waals surface area contributed by atoms with Gasteiger partial charge in [0.1, 0.15) is 0 Å². The summed E-state index contributed by atoms with van der Waals surface area (Å²) in [5, 5.41) is 11.8. The SMILES string of the molecule is CC1CCN(C(=O)Nc2ccc(CO)cc2)CC1. The van der Waals surface area contributed by atoms with E-state index in [9.17, 15) is 4.79 Å². The number of aliphatic hydroxyl groups is 1. The molecule has 98 valence electrons. The van der Waals surface area contributed by atoms with Gasteiger partial charge in [-0.05, 0) is 36.5 Å². The maximum absolute atomic E-state index is 12.0. The lowest BCUT2D eigenvalue weighted by molar-refractivity contribution is 0.186. The van der Waals surface area contributed by atoms with Crippen LogP contribution < -0.4 is 5.32 Å². The molecular formula is C14H20N2O2. The summed E-state index contributed by atoms with van der Waals surface area (Å²) in [4.78, 5) is 13.9. The van der Waals surface area contributed by atoms with Crippen LogP contribution in [0.3, 0.4) is 0 Å². The Labute approximate surface area is 108 Å². The molecule has 1 aliphatic heterocycles. The number of nitrogens with one attached hydrogen (secondary N) is 1. The molecular weight excluding hydrogens is 228 g/mol. The Bertz CT molecular complexity index is 395. The number of hydrogen-bond acceptors (Lipinski definition) is 2. The highest BCUT2D eigenvalue weighted by Gasteiger charge is 2.19. The van der Waals surface area contributed by atoms with E-state index < -0.39 is 0 Å². The average molecular weight is 248 g/mol. The maximum Gasteiger partial charge on any atom is 0.321 e. The number of rotatable bonds is 2. The van der Waals surface area contributed by atoms with Gasteiger partial charge in [-0.3, -0.25) is 0 Å². The second-order valence-electron chi connectivity index (χ2n) is 4.95. The maximum atomic E-state index is 12.0. The fourth-order valence-corrected chi connectivity index (χ4v) is 2.11. The standard InChI is InChI=1S/C14H20N2O2/c1-11-6-8-16(9-7-11)14(18)15-13-4-2-12(10-17)3-5-13/h2-5,11,17H,6-10H2,1H3,(H,15,18). The zero-order valence-corrected chi connectivity index (χ0v) is 10.7. The third kappa shape index (κ3) is 3.23. The minimum absolute atomic E-state index is 0.0260. The molecule has 2 amide bonds. The van der Waals surface area contributed by atoms with E-state index >= 15 is 0 Å². The molecule has 0 radical (unpaired) electrons. The van der Waals surface area contributed by atoms with Crippen LogP contribution in [0.15, 0.2) is 24.3 Å². The van der Waals surface area contributed by atoms with Crippen molar-refractivity contribution in [1.29, 1.82) is 0 Å². The van der Waals surface area contributed by atoms with E-state index in [1.165, 1.54) is 0 Å². The van der Waals surface area contributed by atoms with Gasteiger partial charge in [0.15, 0.2) is 0 Å². The number of likely N-dealkylation sites (tertiary alicyclic amines) is 1. The van der Waals surface area contributed by atoms with E-state index in [0.717, 1.165) is 43.1 Å². The monoisotopic (exact) mass is 248 g/mol. The van der Waals surface area contributed by atoms with E-state index in [-0.39, 0.29) is 12.6 Å². The molecule has 0 unspecified atom stereocenters. The van der Waals surface area contributed by atoms with Crippen LogP contribution in [0.5, 0.6) is 0 Å². The summed E-state index contributed by atoms with van der Waals surface area (Å²) in [5.41, 5.74) is 1.62. The molecule has 0 spiro atoms. The van der Waals surface area contributed by atoms with Crippen molar-refractivity contribution in [3.05, 3.63) is 29.8 Å².